The molecule has 0 spiro atoms. The van der Waals surface area contributed by atoms with E-state index in [1.54, 1.807) is 0 Å². The molecule has 0 unspecified atom stereocenters. The third-order valence-corrected chi connectivity index (χ3v) is 15.2. The van der Waals surface area contributed by atoms with Gasteiger partial charge in [-0.3, -0.25) is 9.80 Å². The quantitative estimate of drug-likeness (QED) is 0.175. The van der Waals surface area contributed by atoms with Crippen molar-refractivity contribution in [2.75, 3.05) is 9.80 Å². The molecule has 4 aliphatic rings. The van der Waals surface area contributed by atoms with Crippen molar-refractivity contribution >= 4 is 77.7 Å². The predicted molar refractivity (Wildman–Crippen MR) is 296 cm³/mol. The van der Waals surface area contributed by atoms with Crippen molar-refractivity contribution in [3.8, 4) is 79.6 Å². The second-order valence-corrected chi connectivity index (χ2v) is 19.3. The lowest BCUT2D eigenvalue weighted by molar-refractivity contribution is 0.445. The van der Waals surface area contributed by atoms with E-state index in [9.17, 15) is 0 Å². The number of rotatable bonds is 4. The highest BCUT2D eigenvalue weighted by atomic mass is 16.5. The Hall–Kier alpha value is -10.2. The number of benzene rings is 11. The van der Waals surface area contributed by atoms with E-state index in [4.69, 9.17) is 18.9 Å². The Balaban J connectivity index is 0.877. The van der Waals surface area contributed by atoms with Gasteiger partial charge < -0.3 is 28.1 Å². The monoisotopic (exact) mass is 950 g/mol. The van der Waals surface area contributed by atoms with Gasteiger partial charge in [0, 0.05) is 39.4 Å². The molecule has 0 amide bonds. The lowest BCUT2D eigenvalue weighted by Gasteiger charge is -2.38. The Morgan fingerprint density at radius 3 is 1.05 bits per heavy atom. The summed E-state index contributed by atoms with van der Waals surface area (Å²) in [5.74, 6) is 6.06. The van der Waals surface area contributed by atoms with Crippen LogP contribution in [0.5, 0.6) is 46.0 Å². The maximum atomic E-state index is 6.81. The summed E-state index contributed by atoms with van der Waals surface area (Å²) in [4.78, 5) is 4.53. The Bertz CT molecular complexity index is 4450. The Morgan fingerprint density at radius 1 is 0.230 bits per heavy atom. The first kappa shape index (κ1) is 39.5. The van der Waals surface area contributed by atoms with Gasteiger partial charge >= 0.3 is 0 Å². The number of fused-ring (bicyclic) bond motifs is 14. The first-order valence-electron chi connectivity index (χ1n) is 24.9. The number of hydrogen-bond acceptors (Lipinski definition) is 6. The van der Waals surface area contributed by atoms with Crippen LogP contribution in [0.4, 0.5) is 34.1 Å². The molecule has 17 rings (SSSR count). The molecule has 0 aliphatic carbocycles. The van der Waals surface area contributed by atoms with Gasteiger partial charge in [0.15, 0.2) is 46.0 Å². The van der Waals surface area contributed by atoms with E-state index >= 15 is 0 Å². The van der Waals surface area contributed by atoms with Crippen LogP contribution in [0.1, 0.15) is 0 Å². The third kappa shape index (κ3) is 5.50. The van der Waals surface area contributed by atoms with Gasteiger partial charge in [0.05, 0.1) is 50.5 Å². The molecule has 6 heterocycles. The summed E-state index contributed by atoms with van der Waals surface area (Å²) >= 11 is 0. The molecule has 11 aromatic carbocycles. The van der Waals surface area contributed by atoms with Crippen molar-refractivity contribution in [1.82, 2.24) is 9.13 Å². The molecular formula is C66H38N4O4. The molecule has 0 saturated carbocycles. The minimum Gasteiger partial charge on any atom is -0.453 e. The van der Waals surface area contributed by atoms with Crippen molar-refractivity contribution in [2.45, 2.75) is 0 Å². The summed E-state index contributed by atoms with van der Waals surface area (Å²) in [5, 5.41) is 4.62. The van der Waals surface area contributed by atoms with Gasteiger partial charge in [0.25, 0.3) is 0 Å². The first-order valence-corrected chi connectivity index (χ1v) is 24.9. The summed E-state index contributed by atoms with van der Waals surface area (Å²) in [6, 6.07) is 81.2. The van der Waals surface area contributed by atoms with E-state index in [2.05, 4.69) is 177 Å². The molecule has 346 valence electrons. The van der Waals surface area contributed by atoms with Crippen LogP contribution in [0.25, 0.3) is 77.2 Å². The average Bonchev–Trinajstić information content (AvgIpc) is 4.01. The zero-order chi connectivity index (χ0) is 48.2. The number of nitrogens with zero attached hydrogens (tertiary/aromatic N) is 4. The summed E-state index contributed by atoms with van der Waals surface area (Å²) in [6.45, 7) is 0. The molecule has 74 heavy (non-hydrogen) atoms. The number of aromatic nitrogens is 2. The second-order valence-electron chi connectivity index (χ2n) is 19.3. The Labute approximate surface area is 423 Å². The predicted octanol–water partition coefficient (Wildman–Crippen LogP) is 18.6. The van der Waals surface area contributed by atoms with Gasteiger partial charge in [0.2, 0.25) is 0 Å². The molecule has 0 fully saturated rings. The second kappa shape index (κ2) is 14.7. The molecule has 8 heteroatoms. The Morgan fingerprint density at radius 2 is 0.581 bits per heavy atom. The fourth-order valence-corrected chi connectivity index (χ4v) is 12.0. The number of anilines is 6. The summed E-state index contributed by atoms with van der Waals surface area (Å²) in [5.41, 5.74) is 16.4. The van der Waals surface area contributed by atoms with Crippen molar-refractivity contribution in [2.24, 2.45) is 0 Å². The fourth-order valence-electron chi connectivity index (χ4n) is 12.0. The minimum absolute atomic E-state index is 0.720. The van der Waals surface area contributed by atoms with E-state index in [0.717, 1.165) is 136 Å². The Kier molecular flexibility index (Phi) is 7.85. The molecule has 8 nitrogen and oxygen atoms in total. The van der Waals surface area contributed by atoms with E-state index in [-0.39, 0.29) is 0 Å². The third-order valence-electron chi connectivity index (χ3n) is 15.2. The van der Waals surface area contributed by atoms with Crippen LogP contribution in [0.2, 0.25) is 0 Å². The van der Waals surface area contributed by atoms with Crippen LogP contribution in [-0.4, -0.2) is 9.13 Å². The van der Waals surface area contributed by atoms with Crippen molar-refractivity contribution < 1.29 is 18.9 Å². The first-order chi connectivity index (χ1) is 36.7. The van der Waals surface area contributed by atoms with Crippen molar-refractivity contribution in [3.63, 3.8) is 0 Å². The molecule has 4 aliphatic heterocycles. The highest BCUT2D eigenvalue weighted by Gasteiger charge is 2.37. The molecule has 0 atom stereocenters. The molecule has 13 aromatic rings. The maximum Gasteiger partial charge on any atom is 0.157 e. The standard InChI is InChI=1S/C66H38N4O4/c1-2-14-43(15-3-1)67-49-17-5-4-16-45(49)46-32-39(26-29-50(46)67)40-27-30-51-47(33-40)48-34-41(42-35-61-65-62(36-42)72-58-23-11-7-19-54(58)69(65)53-18-6-10-22-57(53)71-61)28-31-52(48)68(51)44-37-63-66-64(38-44)74-60-25-13-9-21-56(60)70(66)55-20-8-12-24-59(55)73-63/h1-38H. The van der Waals surface area contributed by atoms with Gasteiger partial charge in [0.1, 0.15) is 11.4 Å². The summed E-state index contributed by atoms with van der Waals surface area (Å²) in [7, 11) is 0. The zero-order valence-electron chi connectivity index (χ0n) is 39.4. The van der Waals surface area contributed by atoms with Crippen molar-refractivity contribution in [1.29, 1.82) is 0 Å². The summed E-state index contributed by atoms with van der Waals surface area (Å²) < 4.78 is 31.8. The van der Waals surface area contributed by atoms with E-state index < -0.39 is 0 Å². The van der Waals surface area contributed by atoms with Gasteiger partial charge in [-0.2, -0.15) is 0 Å². The topological polar surface area (TPSA) is 53.3 Å². The highest BCUT2D eigenvalue weighted by molar-refractivity contribution is 6.14. The van der Waals surface area contributed by atoms with Crippen LogP contribution in [0.15, 0.2) is 231 Å². The van der Waals surface area contributed by atoms with Gasteiger partial charge in [-0.1, -0.05) is 103 Å². The van der Waals surface area contributed by atoms with Crippen molar-refractivity contribution in [3.05, 3.63) is 231 Å². The van der Waals surface area contributed by atoms with Crippen LogP contribution in [0, 0.1) is 0 Å². The number of ether oxygens (including phenoxy) is 4. The lowest BCUT2D eigenvalue weighted by Crippen LogP contribution is -2.20. The SMILES string of the molecule is c1ccc(-n2c3ccccc3c3cc(-c4ccc5c(c4)c4cc(-c6cc7c8c(c6)Oc6ccccc6N8c6ccccc6O7)ccc4n5-c4cc5c6c(c4)Oc4ccccc4N6c4ccccc4O5)ccc32)cc1. The molecule has 0 saturated heterocycles. The van der Waals surface area contributed by atoms with E-state index in [1.165, 1.54) is 21.8 Å². The van der Waals surface area contributed by atoms with E-state index in [0.29, 0.717) is 0 Å². The van der Waals surface area contributed by atoms with Crippen LogP contribution < -0.4 is 28.7 Å². The largest absolute Gasteiger partial charge is 0.453 e. The van der Waals surface area contributed by atoms with Crippen LogP contribution >= 0.6 is 0 Å². The lowest BCUT2D eigenvalue weighted by atomic mass is 9.98. The molecular weight excluding hydrogens is 913 g/mol. The zero-order valence-corrected chi connectivity index (χ0v) is 39.4. The van der Waals surface area contributed by atoms with Crippen LogP contribution in [-0.2, 0) is 0 Å². The molecule has 0 radical (unpaired) electrons. The summed E-state index contributed by atoms with van der Waals surface area (Å²) in [6.07, 6.45) is 0. The fraction of sp³-hybridized carbons (Fsp3) is 0. The number of para-hydroxylation sites is 10. The molecule has 2 aromatic heterocycles. The van der Waals surface area contributed by atoms with E-state index in [1.807, 2.05) is 72.8 Å². The average molecular weight is 951 g/mol. The van der Waals surface area contributed by atoms with Gasteiger partial charge in [-0.15, -0.1) is 0 Å². The van der Waals surface area contributed by atoms with Gasteiger partial charge in [-0.05, 0) is 138 Å². The number of hydrogen-bond donors (Lipinski definition) is 0. The minimum atomic E-state index is 0.720. The molecule has 0 N–H and O–H groups in total. The van der Waals surface area contributed by atoms with Crippen LogP contribution in [0.3, 0.4) is 0 Å². The molecule has 0 bridgehead atoms. The normalized spacial score (nSPS) is 13.2. The smallest absolute Gasteiger partial charge is 0.157 e. The highest BCUT2D eigenvalue weighted by Crippen LogP contribution is 2.62. The maximum absolute atomic E-state index is 6.81. The van der Waals surface area contributed by atoms with Gasteiger partial charge in [-0.25, -0.2) is 0 Å².